The number of primary amides is 1. The fraction of sp³-hybridized carbons (Fsp3) is 0.412. The molecule has 1 fully saturated rings. The van der Waals surface area contributed by atoms with Gasteiger partial charge in [0.15, 0.2) is 0 Å². The fourth-order valence-electron chi connectivity index (χ4n) is 3.27. The maximum Gasteiger partial charge on any atom is 0.336 e. The molecule has 2 heterocycles. The Bertz CT molecular complexity index is 804. The van der Waals surface area contributed by atoms with Crippen molar-refractivity contribution in [1.82, 2.24) is 0 Å². The molecule has 6 heteroatoms. The van der Waals surface area contributed by atoms with Crippen LogP contribution in [-0.2, 0) is 11.3 Å². The molecule has 1 aromatic heterocycles. The molecule has 1 saturated heterocycles. The van der Waals surface area contributed by atoms with E-state index in [0.29, 0.717) is 17.7 Å². The van der Waals surface area contributed by atoms with Crippen molar-refractivity contribution in [3.05, 3.63) is 39.7 Å². The molecule has 0 atom stereocenters. The number of carbonyl (C=O) groups is 1. The van der Waals surface area contributed by atoms with Crippen molar-refractivity contribution >= 4 is 16.9 Å². The van der Waals surface area contributed by atoms with Crippen LogP contribution in [0.4, 0.5) is 0 Å². The topological polar surface area (TPSA) is 98.0 Å². The molecule has 1 amide bonds. The largest absolute Gasteiger partial charge is 0.508 e. The molecule has 3 rings (SSSR count). The van der Waals surface area contributed by atoms with Crippen LogP contribution in [0.2, 0.25) is 0 Å². The lowest BCUT2D eigenvalue weighted by atomic mass is 9.96. The summed E-state index contributed by atoms with van der Waals surface area (Å²) in [6.07, 6.45) is 1.54. The third-order valence-corrected chi connectivity index (χ3v) is 4.68. The van der Waals surface area contributed by atoms with Crippen molar-refractivity contribution in [3.8, 4) is 5.75 Å². The van der Waals surface area contributed by atoms with E-state index in [9.17, 15) is 14.7 Å². The molecule has 0 saturated carbocycles. The van der Waals surface area contributed by atoms with Gasteiger partial charge in [0.05, 0.1) is 13.1 Å². The number of amides is 1. The summed E-state index contributed by atoms with van der Waals surface area (Å²) in [4.78, 5) is 24.3. The smallest absolute Gasteiger partial charge is 0.336 e. The van der Waals surface area contributed by atoms with Crippen molar-refractivity contribution in [3.63, 3.8) is 0 Å². The summed E-state index contributed by atoms with van der Waals surface area (Å²) in [5.41, 5.74) is 7.00. The van der Waals surface area contributed by atoms with Gasteiger partial charge in [-0.1, -0.05) is 0 Å². The third kappa shape index (κ3) is 3.22. The number of hydrogen-bond donors (Lipinski definition) is 3. The highest BCUT2D eigenvalue weighted by molar-refractivity contribution is 5.82. The number of fused-ring (bicyclic) bond motifs is 1. The lowest BCUT2D eigenvalue weighted by molar-refractivity contribution is -0.919. The first kappa shape index (κ1) is 15.6. The molecule has 0 spiro atoms. The molecule has 0 radical (unpaired) electrons. The first-order chi connectivity index (χ1) is 10.9. The number of nitrogens with two attached hydrogens (primary N) is 1. The molecular weight excluding hydrogens is 296 g/mol. The Balaban J connectivity index is 1.87. The van der Waals surface area contributed by atoms with Crippen molar-refractivity contribution < 1.29 is 19.2 Å². The van der Waals surface area contributed by atoms with Gasteiger partial charge in [0.1, 0.15) is 17.9 Å². The molecule has 122 valence electrons. The molecule has 0 unspecified atom stereocenters. The van der Waals surface area contributed by atoms with Gasteiger partial charge in [-0.3, -0.25) is 4.79 Å². The number of aryl methyl sites for hydroxylation is 1. The van der Waals surface area contributed by atoms with Crippen LogP contribution in [0.3, 0.4) is 0 Å². The highest BCUT2D eigenvalue weighted by Gasteiger charge is 2.26. The molecule has 4 N–H and O–H groups in total. The van der Waals surface area contributed by atoms with Gasteiger partial charge >= 0.3 is 5.63 Å². The van der Waals surface area contributed by atoms with Crippen molar-refractivity contribution in [2.45, 2.75) is 26.3 Å². The summed E-state index contributed by atoms with van der Waals surface area (Å²) in [5, 5.41) is 10.7. The number of likely N-dealkylation sites (tertiary alicyclic amines) is 1. The Kier molecular flexibility index (Phi) is 4.09. The Morgan fingerprint density at radius 1 is 1.35 bits per heavy atom. The van der Waals surface area contributed by atoms with Crippen LogP contribution in [0.25, 0.3) is 11.0 Å². The van der Waals surface area contributed by atoms with Gasteiger partial charge < -0.3 is 20.2 Å². The monoisotopic (exact) mass is 317 g/mol. The van der Waals surface area contributed by atoms with Crippen molar-refractivity contribution in [2.24, 2.45) is 11.7 Å². The van der Waals surface area contributed by atoms with Gasteiger partial charge in [0, 0.05) is 35.8 Å². The zero-order valence-electron chi connectivity index (χ0n) is 13.1. The third-order valence-electron chi connectivity index (χ3n) is 4.68. The predicted octanol–water partition coefficient (Wildman–Crippen LogP) is 0.0872. The zero-order valence-corrected chi connectivity index (χ0v) is 13.1. The number of rotatable bonds is 3. The fourth-order valence-corrected chi connectivity index (χ4v) is 3.27. The Morgan fingerprint density at radius 3 is 2.70 bits per heavy atom. The maximum absolute atomic E-state index is 11.8. The molecule has 1 aliphatic heterocycles. The van der Waals surface area contributed by atoms with E-state index in [0.717, 1.165) is 36.9 Å². The number of benzene rings is 1. The van der Waals surface area contributed by atoms with Gasteiger partial charge in [0.2, 0.25) is 5.91 Å². The lowest BCUT2D eigenvalue weighted by Crippen LogP contribution is -3.11. The van der Waals surface area contributed by atoms with Crippen LogP contribution in [0.5, 0.6) is 5.75 Å². The first-order valence-electron chi connectivity index (χ1n) is 7.83. The van der Waals surface area contributed by atoms with Gasteiger partial charge in [-0.25, -0.2) is 4.79 Å². The van der Waals surface area contributed by atoms with Crippen molar-refractivity contribution in [2.75, 3.05) is 13.1 Å². The minimum atomic E-state index is -0.385. The second-order valence-corrected chi connectivity index (χ2v) is 6.33. The van der Waals surface area contributed by atoms with Gasteiger partial charge in [0.25, 0.3) is 0 Å². The number of phenols is 1. The second kappa shape index (κ2) is 6.04. The number of carbonyl (C=O) groups excluding carboxylic acids is 1. The summed E-state index contributed by atoms with van der Waals surface area (Å²) in [6.45, 7) is 4.11. The molecule has 1 aliphatic rings. The number of hydrogen-bond acceptors (Lipinski definition) is 4. The average molecular weight is 317 g/mol. The van der Waals surface area contributed by atoms with E-state index in [-0.39, 0.29) is 23.2 Å². The summed E-state index contributed by atoms with van der Waals surface area (Å²) in [5.74, 6) is -0.0756. The van der Waals surface area contributed by atoms with Gasteiger partial charge in [-0.05, 0) is 24.6 Å². The molecule has 2 aromatic rings. The standard InChI is InChI=1S/C17H20N2O4/c1-10-6-15-13(8-14(10)20)12(7-16(21)23-15)9-19-4-2-11(3-5-19)17(18)22/h6-8,11,20H,2-5,9H2,1H3,(H2,18,22)/p+1. The van der Waals surface area contributed by atoms with Crippen LogP contribution >= 0.6 is 0 Å². The van der Waals surface area contributed by atoms with Gasteiger partial charge in [-0.2, -0.15) is 0 Å². The van der Waals surface area contributed by atoms with Crippen molar-refractivity contribution in [1.29, 1.82) is 0 Å². The highest BCUT2D eigenvalue weighted by atomic mass is 16.4. The summed E-state index contributed by atoms with van der Waals surface area (Å²) in [6, 6.07) is 4.83. The normalized spacial score (nSPS) is 21.4. The molecule has 0 aliphatic carbocycles. The molecule has 0 bridgehead atoms. The van der Waals surface area contributed by atoms with Gasteiger partial charge in [-0.15, -0.1) is 0 Å². The number of phenolic OH excluding ortho intramolecular Hbond substituents is 1. The van der Waals surface area contributed by atoms with Crippen LogP contribution < -0.4 is 16.3 Å². The maximum atomic E-state index is 11.8. The minimum absolute atomic E-state index is 0.0389. The van der Waals surface area contributed by atoms with E-state index in [1.54, 1.807) is 19.1 Å². The highest BCUT2D eigenvalue weighted by Crippen LogP contribution is 2.25. The molecule has 1 aromatic carbocycles. The molecule has 23 heavy (non-hydrogen) atoms. The van der Waals surface area contributed by atoms with Crippen LogP contribution in [0.1, 0.15) is 24.0 Å². The first-order valence-corrected chi connectivity index (χ1v) is 7.83. The quantitative estimate of drug-likeness (QED) is 0.699. The number of quaternary nitrogens is 1. The SMILES string of the molecule is Cc1cc2oc(=O)cc(C[NH+]3CCC(C(N)=O)CC3)c2cc1O. The average Bonchev–Trinajstić information content (AvgIpc) is 2.50. The Labute approximate surface area is 133 Å². The zero-order chi connectivity index (χ0) is 16.6. The molecule has 6 nitrogen and oxygen atoms in total. The number of piperidine rings is 1. The number of nitrogens with one attached hydrogen (secondary N) is 1. The van der Waals surface area contributed by atoms with E-state index in [2.05, 4.69) is 0 Å². The molecular formula is C17H21N2O4+. The Morgan fingerprint density at radius 2 is 2.04 bits per heavy atom. The minimum Gasteiger partial charge on any atom is -0.508 e. The van der Waals surface area contributed by atoms with E-state index in [1.165, 1.54) is 11.0 Å². The van der Waals surface area contributed by atoms with E-state index < -0.39 is 0 Å². The van der Waals surface area contributed by atoms with Crippen LogP contribution in [0, 0.1) is 12.8 Å². The van der Waals surface area contributed by atoms with E-state index in [1.807, 2.05) is 0 Å². The van der Waals surface area contributed by atoms with Crippen LogP contribution in [0.15, 0.2) is 27.4 Å². The van der Waals surface area contributed by atoms with Crippen LogP contribution in [-0.4, -0.2) is 24.1 Å². The number of aromatic hydroxyl groups is 1. The summed E-state index contributed by atoms with van der Waals surface area (Å²) < 4.78 is 5.24. The van der Waals surface area contributed by atoms with E-state index >= 15 is 0 Å². The van der Waals surface area contributed by atoms with E-state index in [4.69, 9.17) is 10.2 Å². The Hall–Kier alpha value is -2.34. The second-order valence-electron chi connectivity index (χ2n) is 6.33. The lowest BCUT2D eigenvalue weighted by Gasteiger charge is -2.27. The summed E-state index contributed by atoms with van der Waals surface area (Å²) >= 11 is 0. The summed E-state index contributed by atoms with van der Waals surface area (Å²) in [7, 11) is 0. The predicted molar refractivity (Wildman–Crippen MR) is 85.2 cm³/mol.